The molecule has 3 heteroatoms. The van der Waals surface area contributed by atoms with E-state index in [1.165, 1.54) is 11.3 Å². The average molecular weight is 314 g/mol. The zero-order chi connectivity index (χ0) is 16.4. The molecule has 0 fully saturated rings. The van der Waals surface area contributed by atoms with Gasteiger partial charge < -0.3 is 4.74 Å². The maximum atomic E-state index is 5.50. The highest BCUT2D eigenvalue weighted by atomic mass is 16.5. The zero-order valence-corrected chi connectivity index (χ0v) is 13.5. The van der Waals surface area contributed by atoms with E-state index in [9.17, 15) is 0 Å². The third-order valence-corrected chi connectivity index (χ3v) is 4.19. The number of rotatable bonds is 4. The Labute approximate surface area is 141 Å². The average Bonchev–Trinajstić information content (AvgIpc) is 3.02. The molecular formula is C21H18N2O. The van der Waals surface area contributed by atoms with Crippen LogP contribution in [0.4, 0.5) is 0 Å². The number of pyridine rings is 1. The van der Waals surface area contributed by atoms with E-state index in [2.05, 4.69) is 47.0 Å². The molecule has 0 bridgehead atoms. The summed E-state index contributed by atoms with van der Waals surface area (Å²) in [7, 11) is 1.68. The SMILES string of the molecule is COc1cccn2c(Cc3ccccc3)c(-c3ccccc3)nc12. The predicted molar refractivity (Wildman–Crippen MR) is 96.4 cm³/mol. The molecule has 0 aliphatic heterocycles. The minimum Gasteiger partial charge on any atom is -0.493 e. The van der Waals surface area contributed by atoms with Crippen molar-refractivity contribution in [3.63, 3.8) is 0 Å². The number of hydrogen-bond acceptors (Lipinski definition) is 2. The number of ether oxygens (including phenoxy) is 1. The van der Waals surface area contributed by atoms with Gasteiger partial charge in [0, 0.05) is 18.2 Å². The monoisotopic (exact) mass is 314 g/mol. The Morgan fingerprint density at radius 3 is 2.29 bits per heavy atom. The predicted octanol–water partition coefficient (Wildman–Crippen LogP) is 4.60. The van der Waals surface area contributed by atoms with Crippen LogP contribution in [0.5, 0.6) is 5.75 Å². The topological polar surface area (TPSA) is 26.5 Å². The fourth-order valence-corrected chi connectivity index (χ4v) is 3.04. The lowest BCUT2D eigenvalue weighted by atomic mass is 10.0. The molecule has 0 saturated heterocycles. The number of benzene rings is 2. The summed E-state index contributed by atoms with van der Waals surface area (Å²) in [6.45, 7) is 0. The van der Waals surface area contributed by atoms with Crippen LogP contribution in [0.1, 0.15) is 11.3 Å². The second-order valence-electron chi connectivity index (χ2n) is 5.71. The van der Waals surface area contributed by atoms with E-state index in [1.807, 2.05) is 36.4 Å². The van der Waals surface area contributed by atoms with Crippen LogP contribution in [-0.4, -0.2) is 16.5 Å². The van der Waals surface area contributed by atoms with Crippen molar-refractivity contribution in [3.05, 3.63) is 90.3 Å². The Morgan fingerprint density at radius 2 is 1.58 bits per heavy atom. The third-order valence-electron chi connectivity index (χ3n) is 4.19. The summed E-state index contributed by atoms with van der Waals surface area (Å²) in [6, 6.07) is 24.7. The van der Waals surface area contributed by atoms with Gasteiger partial charge in [0.2, 0.25) is 0 Å². The smallest absolute Gasteiger partial charge is 0.180 e. The molecule has 0 aliphatic carbocycles. The van der Waals surface area contributed by atoms with Gasteiger partial charge in [-0.25, -0.2) is 4.98 Å². The van der Waals surface area contributed by atoms with Gasteiger partial charge in [0.05, 0.1) is 18.5 Å². The van der Waals surface area contributed by atoms with E-state index < -0.39 is 0 Å². The molecule has 0 N–H and O–H groups in total. The summed E-state index contributed by atoms with van der Waals surface area (Å²) in [4.78, 5) is 4.89. The van der Waals surface area contributed by atoms with Crippen molar-refractivity contribution in [2.24, 2.45) is 0 Å². The van der Waals surface area contributed by atoms with Gasteiger partial charge in [-0.3, -0.25) is 4.40 Å². The first-order valence-electron chi connectivity index (χ1n) is 8.00. The van der Waals surface area contributed by atoms with Gasteiger partial charge in [-0.05, 0) is 17.7 Å². The summed E-state index contributed by atoms with van der Waals surface area (Å²) < 4.78 is 7.63. The molecule has 4 rings (SSSR count). The first kappa shape index (κ1) is 14.5. The van der Waals surface area contributed by atoms with E-state index in [0.29, 0.717) is 0 Å². The van der Waals surface area contributed by atoms with Crippen LogP contribution >= 0.6 is 0 Å². The fourth-order valence-electron chi connectivity index (χ4n) is 3.04. The lowest BCUT2D eigenvalue weighted by Crippen LogP contribution is -1.97. The van der Waals surface area contributed by atoms with E-state index in [4.69, 9.17) is 9.72 Å². The summed E-state index contributed by atoms with van der Waals surface area (Å²) >= 11 is 0. The van der Waals surface area contributed by atoms with Crippen molar-refractivity contribution >= 4 is 5.65 Å². The number of methoxy groups -OCH3 is 1. The first-order valence-corrected chi connectivity index (χ1v) is 8.00. The van der Waals surface area contributed by atoms with E-state index in [0.717, 1.165) is 29.1 Å². The number of nitrogens with zero attached hydrogens (tertiary/aromatic N) is 2. The Kier molecular flexibility index (Phi) is 3.75. The van der Waals surface area contributed by atoms with Gasteiger partial charge in [-0.1, -0.05) is 60.7 Å². The molecule has 0 amide bonds. The van der Waals surface area contributed by atoms with Gasteiger partial charge in [0.1, 0.15) is 0 Å². The van der Waals surface area contributed by atoms with Gasteiger partial charge in [0.15, 0.2) is 11.4 Å². The van der Waals surface area contributed by atoms with Crippen molar-refractivity contribution in [3.8, 4) is 17.0 Å². The van der Waals surface area contributed by atoms with Crippen LogP contribution in [0, 0.1) is 0 Å². The Balaban J connectivity index is 1.94. The maximum Gasteiger partial charge on any atom is 0.180 e. The maximum absolute atomic E-state index is 5.50. The minimum absolute atomic E-state index is 0.786. The van der Waals surface area contributed by atoms with Crippen molar-refractivity contribution in [1.82, 2.24) is 9.38 Å². The summed E-state index contributed by atoms with van der Waals surface area (Å²) in [5.74, 6) is 0.786. The molecule has 0 saturated carbocycles. The molecule has 2 aromatic heterocycles. The van der Waals surface area contributed by atoms with Crippen molar-refractivity contribution in [1.29, 1.82) is 0 Å². The summed E-state index contributed by atoms with van der Waals surface area (Å²) in [5, 5.41) is 0. The highest BCUT2D eigenvalue weighted by Crippen LogP contribution is 2.30. The van der Waals surface area contributed by atoms with E-state index >= 15 is 0 Å². The largest absolute Gasteiger partial charge is 0.493 e. The lowest BCUT2D eigenvalue weighted by molar-refractivity contribution is 0.417. The molecule has 2 heterocycles. The Morgan fingerprint density at radius 1 is 0.875 bits per heavy atom. The Bertz CT molecular complexity index is 959. The molecule has 118 valence electrons. The van der Waals surface area contributed by atoms with Crippen LogP contribution in [0.25, 0.3) is 16.9 Å². The second-order valence-corrected chi connectivity index (χ2v) is 5.71. The molecule has 0 unspecified atom stereocenters. The van der Waals surface area contributed by atoms with E-state index in [-0.39, 0.29) is 0 Å². The zero-order valence-electron chi connectivity index (χ0n) is 13.5. The molecule has 24 heavy (non-hydrogen) atoms. The van der Waals surface area contributed by atoms with Crippen molar-refractivity contribution in [2.75, 3.05) is 7.11 Å². The van der Waals surface area contributed by atoms with Gasteiger partial charge >= 0.3 is 0 Å². The molecule has 0 radical (unpaired) electrons. The molecule has 0 spiro atoms. The van der Waals surface area contributed by atoms with Gasteiger partial charge in [0.25, 0.3) is 0 Å². The Hall–Kier alpha value is -3.07. The lowest BCUT2D eigenvalue weighted by Gasteiger charge is -2.07. The molecule has 2 aromatic carbocycles. The second kappa shape index (κ2) is 6.20. The highest BCUT2D eigenvalue weighted by Gasteiger charge is 2.16. The normalized spacial score (nSPS) is 10.9. The quantitative estimate of drug-likeness (QED) is 0.550. The molecule has 0 atom stereocenters. The number of aromatic nitrogens is 2. The molecule has 4 aromatic rings. The van der Waals surface area contributed by atoms with Crippen LogP contribution in [0.2, 0.25) is 0 Å². The first-order chi connectivity index (χ1) is 11.9. The van der Waals surface area contributed by atoms with Crippen LogP contribution < -0.4 is 4.74 Å². The molecule has 0 aliphatic rings. The minimum atomic E-state index is 0.786. The third kappa shape index (κ3) is 2.54. The molecule has 3 nitrogen and oxygen atoms in total. The van der Waals surface area contributed by atoms with Crippen LogP contribution in [0.3, 0.4) is 0 Å². The van der Waals surface area contributed by atoms with Gasteiger partial charge in [-0.2, -0.15) is 0 Å². The van der Waals surface area contributed by atoms with Crippen LogP contribution in [-0.2, 0) is 6.42 Å². The standard InChI is InChI=1S/C21H18N2O/c1-24-19-13-8-14-23-18(15-16-9-4-2-5-10-16)20(22-21(19)23)17-11-6-3-7-12-17/h2-14H,15H2,1H3. The van der Waals surface area contributed by atoms with Crippen molar-refractivity contribution < 1.29 is 4.74 Å². The van der Waals surface area contributed by atoms with Gasteiger partial charge in [-0.15, -0.1) is 0 Å². The highest BCUT2D eigenvalue weighted by molar-refractivity contribution is 5.70. The summed E-state index contributed by atoms with van der Waals surface area (Å²) in [6.07, 6.45) is 2.87. The van der Waals surface area contributed by atoms with E-state index in [1.54, 1.807) is 7.11 Å². The fraction of sp³-hybridized carbons (Fsp3) is 0.0952. The number of fused-ring (bicyclic) bond motifs is 1. The number of imidazole rings is 1. The summed E-state index contributed by atoms with van der Waals surface area (Å²) in [5.41, 5.74) is 5.41. The molecular weight excluding hydrogens is 296 g/mol. The van der Waals surface area contributed by atoms with Crippen LogP contribution in [0.15, 0.2) is 79.0 Å². The number of hydrogen-bond donors (Lipinski definition) is 0. The van der Waals surface area contributed by atoms with Crippen molar-refractivity contribution in [2.45, 2.75) is 6.42 Å².